The van der Waals surface area contributed by atoms with Gasteiger partial charge in [0, 0.05) is 27.5 Å². The fourth-order valence-corrected chi connectivity index (χ4v) is 8.93. The van der Waals surface area contributed by atoms with Gasteiger partial charge in [0.2, 0.25) is 5.91 Å². The van der Waals surface area contributed by atoms with Gasteiger partial charge < -0.3 is 10.1 Å². The molecule has 9 heteroatoms. The van der Waals surface area contributed by atoms with E-state index in [2.05, 4.69) is 96.3 Å². The number of benzene rings is 2. The molecule has 2 aliphatic rings. The van der Waals surface area contributed by atoms with Gasteiger partial charge in [-0.2, -0.15) is 5.26 Å². The van der Waals surface area contributed by atoms with Crippen molar-refractivity contribution >= 4 is 46.2 Å². The van der Waals surface area contributed by atoms with Crippen LogP contribution in [0.4, 0.5) is 5.00 Å². The van der Waals surface area contributed by atoms with Crippen molar-refractivity contribution in [3.63, 3.8) is 0 Å². The Balaban J connectivity index is 1.21. The highest BCUT2D eigenvalue weighted by Gasteiger charge is 2.34. The van der Waals surface area contributed by atoms with Crippen LogP contribution in [0.2, 0.25) is 0 Å². The summed E-state index contributed by atoms with van der Waals surface area (Å²) in [5.41, 5.74) is 5.69. The Labute approximate surface area is 292 Å². The highest BCUT2D eigenvalue weighted by Crippen LogP contribution is 2.48. The second-order valence-electron chi connectivity index (χ2n) is 13.5. The summed E-state index contributed by atoms with van der Waals surface area (Å²) < 4.78 is 7.84. The number of rotatable bonds is 10. The number of fused-ring (bicyclic) bond motifs is 1. The van der Waals surface area contributed by atoms with Gasteiger partial charge in [-0.1, -0.05) is 93.4 Å². The fraction of sp³-hybridized carbons (Fsp3) is 0.385. The first kappa shape index (κ1) is 33.8. The van der Waals surface area contributed by atoms with Crippen molar-refractivity contribution in [1.29, 1.82) is 5.26 Å². The van der Waals surface area contributed by atoms with Crippen molar-refractivity contribution in [2.45, 2.75) is 83.3 Å². The second kappa shape index (κ2) is 14.6. The molecule has 0 unspecified atom stereocenters. The zero-order valence-electron chi connectivity index (χ0n) is 28.4. The molecule has 2 heterocycles. The smallest absolute Gasteiger partial charge is 0.235 e. The predicted octanol–water partition coefficient (Wildman–Crippen LogP) is 9.85. The van der Waals surface area contributed by atoms with Gasteiger partial charge in [-0.25, -0.2) is 0 Å². The summed E-state index contributed by atoms with van der Waals surface area (Å²) in [6.07, 6.45) is 11.8. The van der Waals surface area contributed by atoms with Crippen LogP contribution in [0, 0.1) is 24.2 Å². The molecule has 2 aliphatic carbocycles. The van der Waals surface area contributed by atoms with Crippen molar-refractivity contribution < 1.29 is 9.53 Å². The lowest BCUT2D eigenvalue weighted by Gasteiger charge is -2.31. The zero-order valence-corrected chi connectivity index (χ0v) is 30.0. The van der Waals surface area contributed by atoms with Crippen molar-refractivity contribution in [3.8, 4) is 23.2 Å². The number of ether oxygens (including phenoxy) is 1. The summed E-state index contributed by atoms with van der Waals surface area (Å²) in [5, 5.41) is 24.0. The number of nitriles is 1. The lowest BCUT2D eigenvalue weighted by Crippen LogP contribution is -2.23. The van der Waals surface area contributed by atoms with E-state index in [1.54, 1.807) is 0 Å². The van der Waals surface area contributed by atoms with E-state index in [1.807, 2.05) is 31.2 Å². The van der Waals surface area contributed by atoms with E-state index in [0.717, 1.165) is 56.7 Å². The quantitative estimate of drug-likeness (QED) is 0.168. The monoisotopic (exact) mass is 677 g/mol. The minimum atomic E-state index is -0.185. The van der Waals surface area contributed by atoms with Gasteiger partial charge in [-0.15, -0.1) is 21.5 Å². The van der Waals surface area contributed by atoms with Gasteiger partial charge in [0.25, 0.3) is 0 Å². The van der Waals surface area contributed by atoms with E-state index in [4.69, 9.17) is 4.74 Å². The number of allylic oxidation sites excluding steroid dienone is 2. The lowest BCUT2D eigenvalue weighted by atomic mass is 9.77. The zero-order chi connectivity index (χ0) is 33.8. The number of thiophene rings is 1. The van der Waals surface area contributed by atoms with Gasteiger partial charge in [-0.05, 0) is 74.4 Å². The van der Waals surface area contributed by atoms with Gasteiger partial charge in [0.1, 0.15) is 16.8 Å². The number of carbonyl (C=O) groups is 1. The van der Waals surface area contributed by atoms with Crippen molar-refractivity contribution in [3.05, 3.63) is 87.3 Å². The molecule has 1 saturated carbocycles. The van der Waals surface area contributed by atoms with E-state index in [1.165, 1.54) is 47.9 Å². The summed E-state index contributed by atoms with van der Waals surface area (Å²) in [5.74, 6) is 2.24. The van der Waals surface area contributed by atoms with Crippen LogP contribution in [0.3, 0.4) is 0 Å². The number of aryl methyl sites for hydroxylation is 1. The minimum absolute atomic E-state index is 0.157. The van der Waals surface area contributed by atoms with E-state index in [9.17, 15) is 10.1 Å². The summed E-state index contributed by atoms with van der Waals surface area (Å²) >= 11 is 2.93. The van der Waals surface area contributed by atoms with Crippen LogP contribution in [0.1, 0.15) is 93.0 Å². The maximum Gasteiger partial charge on any atom is 0.235 e. The number of nitrogens with zero attached hydrogens (tertiary/aromatic N) is 4. The predicted molar refractivity (Wildman–Crippen MR) is 198 cm³/mol. The lowest BCUT2D eigenvalue weighted by molar-refractivity contribution is -0.113. The molecule has 2 aromatic heterocycles. The molecule has 1 amide bonds. The number of amides is 1. The van der Waals surface area contributed by atoms with Crippen LogP contribution in [0.5, 0.6) is 5.75 Å². The fourth-order valence-electron chi connectivity index (χ4n) is 6.89. The molecule has 7 nitrogen and oxygen atoms in total. The van der Waals surface area contributed by atoms with Crippen LogP contribution in [-0.2, 0) is 10.2 Å². The molecule has 0 radical (unpaired) electrons. The summed E-state index contributed by atoms with van der Waals surface area (Å²) in [6.45, 7) is 11.4. The molecule has 1 N–H and O–H groups in total. The van der Waals surface area contributed by atoms with E-state index >= 15 is 0 Å². The molecule has 4 aromatic rings. The highest BCUT2D eigenvalue weighted by molar-refractivity contribution is 7.99. The number of nitrogens with one attached hydrogen (secondary N) is 1. The Morgan fingerprint density at radius 3 is 2.69 bits per heavy atom. The average Bonchev–Trinajstić information content (AvgIpc) is 3.65. The normalized spacial score (nSPS) is 18.6. The molecule has 0 spiro atoms. The number of anilines is 1. The number of hydrogen-bond donors (Lipinski definition) is 1. The molecular formula is C39H43N5O2S2. The molecule has 248 valence electrons. The van der Waals surface area contributed by atoms with Gasteiger partial charge in [0.15, 0.2) is 11.0 Å². The van der Waals surface area contributed by atoms with E-state index in [-0.39, 0.29) is 23.1 Å². The molecule has 1 fully saturated rings. The van der Waals surface area contributed by atoms with E-state index in [0.29, 0.717) is 23.1 Å². The van der Waals surface area contributed by atoms with Gasteiger partial charge in [0.05, 0.1) is 17.9 Å². The van der Waals surface area contributed by atoms with Gasteiger partial charge in [-0.3, -0.25) is 9.36 Å². The highest BCUT2D eigenvalue weighted by atomic mass is 32.2. The molecule has 48 heavy (non-hydrogen) atoms. The summed E-state index contributed by atoms with van der Waals surface area (Å²) in [7, 11) is 0. The Bertz CT molecular complexity index is 1890. The molecule has 0 bridgehead atoms. The third-order valence-electron chi connectivity index (χ3n) is 9.25. The molecule has 2 aromatic carbocycles. The first-order valence-corrected chi connectivity index (χ1v) is 18.6. The number of hydrogen-bond acceptors (Lipinski definition) is 7. The molecule has 0 aliphatic heterocycles. The topological polar surface area (TPSA) is 92.8 Å². The third kappa shape index (κ3) is 7.30. The third-order valence-corrected chi connectivity index (χ3v) is 11.7. The van der Waals surface area contributed by atoms with Crippen LogP contribution < -0.4 is 10.1 Å². The molecular weight excluding hydrogens is 635 g/mol. The van der Waals surface area contributed by atoms with Crippen molar-refractivity contribution in [2.75, 3.05) is 17.7 Å². The Hall–Kier alpha value is -4.13. The minimum Gasteiger partial charge on any atom is -0.494 e. The molecule has 2 atom stereocenters. The van der Waals surface area contributed by atoms with E-state index < -0.39 is 0 Å². The Morgan fingerprint density at radius 1 is 1.17 bits per heavy atom. The SMILES string of the molecule is CCOc1ccc(/C=C/C2=Cc3c(sc(NC(=O)CSc4nnc(-c5cccc(C)c5)n4[C@@H]4CCCC[C@@H]4C)c3C#N)C(C)(C)C2)cc1. The maximum absolute atomic E-state index is 13.5. The van der Waals surface area contributed by atoms with Crippen molar-refractivity contribution in [2.24, 2.45) is 5.92 Å². The maximum atomic E-state index is 13.5. The standard InChI is InChI=1S/C39H43N5O2S2/c1-6-46-30-18-16-27(17-19-30)14-15-28-21-31-32(23-40)37(48-35(31)39(4,5)22-28)41-34(45)24-47-38-43-42-36(29-12-9-10-25(2)20-29)44(38)33-13-8-7-11-26(33)3/h9-10,12,14-21,26,33H,6-8,11,13,22,24H2,1-5H3,(H,41,45)/b15-14+/t26-,33+/m0/s1. The van der Waals surface area contributed by atoms with Crippen molar-refractivity contribution in [1.82, 2.24) is 14.8 Å². The Morgan fingerprint density at radius 2 is 1.96 bits per heavy atom. The summed E-state index contributed by atoms with van der Waals surface area (Å²) in [4.78, 5) is 14.6. The number of carbonyl (C=O) groups excluding carboxylic acids is 1. The van der Waals surface area contributed by atoms with Crippen LogP contribution in [-0.4, -0.2) is 33.0 Å². The van der Waals surface area contributed by atoms with Crippen LogP contribution in [0.15, 0.2) is 65.3 Å². The average molecular weight is 678 g/mol. The van der Waals surface area contributed by atoms with Crippen LogP contribution >= 0.6 is 23.1 Å². The second-order valence-corrected chi connectivity index (χ2v) is 15.5. The summed E-state index contributed by atoms with van der Waals surface area (Å²) in [6, 6.07) is 19.1. The molecule has 6 rings (SSSR count). The van der Waals surface area contributed by atoms with Crippen LogP contribution in [0.25, 0.3) is 23.5 Å². The molecule has 0 saturated heterocycles. The Kier molecular flexibility index (Phi) is 10.2. The first-order chi connectivity index (χ1) is 23.2. The van der Waals surface area contributed by atoms with Gasteiger partial charge >= 0.3 is 0 Å². The first-order valence-electron chi connectivity index (χ1n) is 16.8. The number of thioether (sulfide) groups is 1. The number of aromatic nitrogens is 3. The largest absolute Gasteiger partial charge is 0.494 e.